The van der Waals surface area contributed by atoms with Crippen LogP contribution in [-0.2, 0) is 4.79 Å². The first-order valence-corrected chi connectivity index (χ1v) is 11.5. The van der Waals surface area contributed by atoms with Crippen LogP contribution in [0, 0.1) is 0 Å². The third-order valence-electron chi connectivity index (χ3n) is 4.43. The number of hydrogen-bond donors (Lipinski definition) is 0. The number of thiazole rings is 1. The van der Waals surface area contributed by atoms with Gasteiger partial charge in [0.25, 0.3) is 5.91 Å². The van der Waals surface area contributed by atoms with Crippen LogP contribution >= 0.6 is 46.9 Å². The van der Waals surface area contributed by atoms with Gasteiger partial charge in [0.15, 0.2) is 11.7 Å². The van der Waals surface area contributed by atoms with Gasteiger partial charge >= 0.3 is 0 Å². The second-order valence-corrected chi connectivity index (χ2v) is 8.95. The fraction of sp³-hybridized carbons (Fsp3) is 0.364. The Kier molecular flexibility index (Phi) is 10.3. The SMILES string of the molecule is CCOc1cccc2sc(N(CCCN(C)C)C(=O)COc3ccc(Cl)cc3Cl)nc12.Cl. The summed E-state index contributed by atoms with van der Waals surface area (Å²) in [4.78, 5) is 21.6. The Morgan fingerprint density at radius 1 is 1.09 bits per heavy atom. The molecule has 3 rings (SSSR count). The summed E-state index contributed by atoms with van der Waals surface area (Å²) in [6.45, 7) is 3.70. The van der Waals surface area contributed by atoms with Crippen molar-refractivity contribution in [1.29, 1.82) is 0 Å². The number of halogens is 3. The van der Waals surface area contributed by atoms with Crippen LogP contribution in [0.3, 0.4) is 0 Å². The Morgan fingerprint density at radius 3 is 2.56 bits per heavy atom. The lowest BCUT2D eigenvalue weighted by Gasteiger charge is -2.21. The molecule has 0 aliphatic heterocycles. The van der Waals surface area contributed by atoms with E-state index in [1.165, 1.54) is 11.3 Å². The summed E-state index contributed by atoms with van der Waals surface area (Å²) in [5.74, 6) is 0.935. The molecule has 1 heterocycles. The zero-order chi connectivity index (χ0) is 22.4. The maximum Gasteiger partial charge on any atom is 0.266 e. The van der Waals surface area contributed by atoms with Gasteiger partial charge in [-0.25, -0.2) is 4.98 Å². The molecule has 174 valence electrons. The number of para-hydroxylation sites is 1. The molecule has 6 nitrogen and oxygen atoms in total. The number of carbonyl (C=O) groups excluding carboxylic acids is 1. The van der Waals surface area contributed by atoms with E-state index in [0.717, 1.165) is 23.2 Å². The van der Waals surface area contributed by atoms with Crippen molar-refractivity contribution in [1.82, 2.24) is 9.88 Å². The third-order valence-corrected chi connectivity index (χ3v) is 6.01. The molecule has 0 fully saturated rings. The van der Waals surface area contributed by atoms with Gasteiger partial charge in [0.05, 0.1) is 16.3 Å². The Morgan fingerprint density at radius 2 is 1.88 bits per heavy atom. The molecular weight excluding hydrogens is 493 g/mol. The minimum Gasteiger partial charge on any atom is -0.492 e. The molecule has 0 aliphatic rings. The predicted octanol–water partition coefficient (Wildman–Crippen LogP) is 5.79. The average Bonchev–Trinajstić information content (AvgIpc) is 3.15. The van der Waals surface area contributed by atoms with E-state index in [1.54, 1.807) is 23.1 Å². The molecule has 0 saturated carbocycles. The Bertz CT molecular complexity index is 1050. The van der Waals surface area contributed by atoms with Crippen LogP contribution in [0.15, 0.2) is 36.4 Å². The lowest BCUT2D eigenvalue weighted by Crippen LogP contribution is -2.36. The highest BCUT2D eigenvalue weighted by molar-refractivity contribution is 7.22. The first-order valence-electron chi connectivity index (χ1n) is 9.94. The summed E-state index contributed by atoms with van der Waals surface area (Å²) in [6, 6.07) is 10.7. The largest absolute Gasteiger partial charge is 0.492 e. The zero-order valence-corrected chi connectivity index (χ0v) is 21.3. The molecule has 0 unspecified atom stereocenters. The molecule has 1 aromatic heterocycles. The summed E-state index contributed by atoms with van der Waals surface area (Å²) in [7, 11) is 4.01. The molecule has 3 aromatic rings. The molecular formula is C22H26Cl3N3O3S. The van der Waals surface area contributed by atoms with Gasteiger partial charge in [-0.3, -0.25) is 9.69 Å². The van der Waals surface area contributed by atoms with Crippen molar-refractivity contribution < 1.29 is 14.3 Å². The Hall–Kier alpha value is -1.77. The van der Waals surface area contributed by atoms with E-state index in [0.29, 0.717) is 39.8 Å². The number of anilines is 1. The fourth-order valence-electron chi connectivity index (χ4n) is 2.98. The highest BCUT2D eigenvalue weighted by atomic mass is 35.5. The lowest BCUT2D eigenvalue weighted by molar-refractivity contribution is -0.120. The second kappa shape index (κ2) is 12.5. The Labute approximate surface area is 208 Å². The molecule has 0 bridgehead atoms. The zero-order valence-electron chi connectivity index (χ0n) is 18.1. The predicted molar refractivity (Wildman–Crippen MR) is 136 cm³/mol. The van der Waals surface area contributed by atoms with Crippen LogP contribution in [0.25, 0.3) is 10.2 Å². The van der Waals surface area contributed by atoms with Gasteiger partial charge in [-0.2, -0.15) is 0 Å². The number of aromatic nitrogens is 1. The van der Waals surface area contributed by atoms with Gasteiger partial charge in [-0.05, 0) is 64.3 Å². The monoisotopic (exact) mass is 517 g/mol. The minimum atomic E-state index is -0.193. The van der Waals surface area contributed by atoms with Crippen LogP contribution < -0.4 is 14.4 Å². The van der Waals surface area contributed by atoms with Gasteiger partial charge in [-0.1, -0.05) is 40.6 Å². The normalized spacial score (nSPS) is 10.8. The van der Waals surface area contributed by atoms with E-state index < -0.39 is 0 Å². The molecule has 0 spiro atoms. The van der Waals surface area contributed by atoms with Gasteiger partial charge in [0.1, 0.15) is 17.0 Å². The number of ether oxygens (including phenoxy) is 2. The minimum absolute atomic E-state index is 0. The lowest BCUT2D eigenvalue weighted by atomic mass is 10.3. The first kappa shape index (κ1) is 26.5. The summed E-state index contributed by atoms with van der Waals surface area (Å²) < 4.78 is 12.3. The summed E-state index contributed by atoms with van der Waals surface area (Å²) in [6.07, 6.45) is 0.800. The maximum absolute atomic E-state index is 13.1. The van der Waals surface area contributed by atoms with Crippen molar-refractivity contribution in [2.24, 2.45) is 0 Å². The molecule has 32 heavy (non-hydrogen) atoms. The number of rotatable bonds is 10. The standard InChI is InChI=1S/C22H25Cl2N3O3S.ClH/c1-4-29-18-7-5-8-19-21(18)25-22(31-19)27(12-6-11-26(2)3)20(28)14-30-17-10-9-15(23)13-16(17)24;/h5,7-10,13H,4,6,11-12,14H2,1-3H3;1H. The van der Waals surface area contributed by atoms with Gasteiger partial charge < -0.3 is 14.4 Å². The number of benzene rings is 2. The smallest absolute Gasteiger partial charge is 0.266 e. The van der Waals surface area contributed by atoms with Crippen molar-refractivity contribution in [3.63, 3.8) is 0 Å². The summed E-state index contributed by atoms with van der Waals surface area (Å²) in [5.41, 5.74) is 0.761. The number of carbonyl (C=O) groups is 1. The van der Waals surface area contributed by atoms with E-state index in [-0.39, 0.29) is 24.9 Å². The number of nitrogens with zero attached hydrogens (tertiary/aromatic N) is 3. The van der Waals surface area contributed by atoms with Gasteiger partial charge in [0, 0.05) is 11.6 Å². The molecule has 0 N–H and O–H groups in total. The summed E-state index contributed by atoms with van der Waals surface area (Å²) in [5, 5.41) is 1.49. The molecule has 0 aliphatic carbocycles. The topological polar surface area (TPSA) is 54.9 Å². The average molecular weight is 519 g/mol. The van der Waals surface area contributed by atoms with Crippen LogP contribution in [0.2, 0.25) is 10.0 Å². The molecule has 0 atom stereocenters. The van der Waals surface area contributed by atoms with Crippen molar-refractivity contribution in [3.8, 4) is 11.5 Å². The molecule has 0 saturated heterocycles. The highest BCUT2D eigenvalue weighted by Crippen LogP contribution is 2.34. The van der Waals surface area contributed by atoms with Crippen molar-refractivity contribution in [2.75, 3.05) is 45.3 Å². The Balaban J connectivity index is 0.00000363. The van der Waals surface area contributed by atoms with E-state index in [4.69, 9.17) is 37.7 Å². The van der Waals surface area contributed by atoms with E-state index >= 15 is 0 Å². The summed E-state index contributed by atoms with van der Waals surface area (Å²) >= 11 is 13.6. The number of fused-ring (bicyclic) bond motifs is 1. The van der Waals surface area contributed by atoms with E-state index in [2.05, 4.69) is 4.90 Å². The second-order valence-electron chi connectivity index (χ2n) is 7.10. The van der Waals surface area contributed by atoms with Crippen LogP contribution in [0.4, 0.5) is 5.13 Å². The molecule has 1 amide bonds. The third kappa shape index (κ3) is 6.86. The van der Waals surface area contributed by atoms with Crippen molar-refractivity contribution in [2.45, 2.75) is 13.3 Å². The molecule has 2 aromatic carbocycles. The van der Waals surface area contributed by atoms with Crippen LogP contribution in [0.5, 0.6) is 11.5 Å². The molecule has 0 radical (unpaired) electrons. The number of hydrogen-bond acceptors (Lipinski definition) is 6. The fourth-order valence-corrected chi connectivity index (χ4v) is 4.47. The maximum atomic E-state index is 13.1. The quantitative estimate of drug-likeness (QED) is 0.340. The van der Waals surface area contributed by atoms with Crippen LogP contribution in [0.1, 0.15) is 13.3 Å². The molecule has 10 heteroatoms. The van der Waals surface area contributed by atoms with Crippen molar-refractivity contribution in [3.05, 3.63) is 46.4 Å². The van der Waals surface area contributed by atoms with Crippen LogP contribution in [-0.4, -0.2) is 56.2 Å². The van der Waals surface area contributed by atoms with E-state index in [1.807, 2.05) is 39.2 Å². The van der Waals surface area contributed by atoms with E-state index in [9.17, 15) is 4.79 Å². The number of amides is 1. The van der Waals surface area contributed by atoms with Crippen molar-refractivity contribution >= 4 is 68.2 Å². The first-order chi connectivity index (χ1) is 14.9. The highest BCUT2D eigenvalue weighted by Gasteiger charge is 2.22. The van der Waals surface area contributed by atoms with Gasteiger partial charge in [0.2, 0.25) is 0 Å². The van der Waals surface area contributed by atoms with Gasteiger partial charge in [-0.15, -0.1) is 12.4 Å².